The highest BCUT2D eigenvalue weighted by atomic mass is 35.5. The van der Waals surface area contributed by atoms with E-state index in [0.717, 1.165) is 29.8 Å². The monoisotopic (exact) mass is 545 g/mol. The zero-order chi connectivity index (χ0) is 26.3. The van der Waals surface area contributed by atoms with Gasteiger partial charge in [0.1, 0.15) is 0 Å². The number of hydrogen-bond acceptors (Lipinski definition) is 2. The molecule has 2 unspecified atom stereocenters. The molecule has 190 valence electrons. The van der Waals surface area contributed by atoms with Crippen LogP contribution in [0.15, 0.2) is 65.6 Å². The van der Waals surface area contributed by atoms with Crippen LogP contribution < -0.4 is 5.32 Å². The highest BCUT2D eigenvalue weighted by Crippen LogP contribution is 2.40. The average Bonchev–Trinajstić information content (AvgIpc) is 2.82. The summed E-state index contributed by atoms with van der Waals surface area (Å²) in [6.45, 7) is 0. The number of halogens is 7. The van der Waals surface area contributed by atoms with Crippen LogP contribution in [0.1, 0.15) is 50.7 Å². The average molecular weight is 546 g/mol. The first-order valence-electron chi connectivity index (χ1n) is 10.7. The standard InChI is InChI=1S/C25H18ClF6NO2S/c26-20-5-2-4-19(25(30,31)32)22(20)23(34)33-16-10-7-14-3-1-6-21(18(14)13-16)36(35)17-11-8-15(9-12-17)24(27,28)29/h2,4-5,7-13,21H,1,3,6H2,(H,33,34). The molecule has 0 aliphatic heterocycles. The fraction of sp³-hybridized carbons (Fsp3) is 0.240. The van der Waals surface area contributed by atoms with Gasteiger partial charge in [-0.1, -0.05) is 23.7 Å². The Labute approximate surface area is 209 Å². The Morgan fingerprint density at radius 1 is 0.944 bits per heavy atom. The first kappa shape index (κ1) is 26.2. The molecule has 0 saturated carbocycles. The van der Waals surface area contributed by atoms with E-state index in [2.05, 4.69) is 5.32 Å². The van der Waals surface area contributed by atoms with Crippen LogP contribution in [-0.2, 0) is 29.6 Å². The van der Waals surface area contributed by atoms with Crippen molar-refractivity contribution >= 4 is 34.0 Å². The van der Waals surface area contributed by atoms with E-state index in [4.69, 9.17) is 11.6 Å². The second-order valence-corrected chi connectivity index (χ2v) is 10.3. The molecule has 1 aliphatic rings. The summed E-state index contributed by atoms with van der Waals surface area (Å²) in [5.41, 5.74) is -1.09. The van der Waals surface area contributed by atoms with Crippen molar-refractivity contribution in [2.24, 2.45) is 0 Å². The number of alkyl halides is 6. The molecule has 0 saturated heterocycles. The SMILES string of the molecule is O=C(Nc1ccc2c(c1)C(S(=O)c1ccc(C(F)(F)F)cc1)CCC2)c1c(Cl)cccc1C(F)(F)F. The van der Waals surface area contributed by atoms with Crippen LogP contribution in [0.4, 0.5) is 32.0 Å². The summed E-state index contributed by atoms with van der Waals surface area (Å²) in [7, 11) is -1.69. The van der Waals surface area contributed by atoms with Gasteiger partial charge in [-0.05, 0) is 78.9 Å². The highest BCUT2D eigenvalue weighted by Gasteiger charge is 2.36. The van der Waals surface area contributed by atoms with Crippen molar-refractivity contribution in [2.75, 3.05) is 5.32 Å². The molecule has 2 atom stereocenters. The molecular weight excluding hydrogens is 528 g/mol. The fourth-order valence-corrected chi connectivity index (χ4v) is 6.01. The summed E-state index contributed by atoms with van der Waals surface area (Å²) in [5.74, 6) is -1.05. The maximum absolute atomic E-state index is 13.4. The lowest BCUT2D eigenvalue weighted by molar-refractivity contribution is -0.138. The van der Waals surface area contributed by atoms with E-state index in [1.165, 1.54) is 24.3 Å². The minimum Gasteiger partial charge on any atom is -0.322 e. The number of aryl methyl sites for hydroxylation is 1. The number of benzene rings is 3. The Hall–Kier alpha value is -2.85. The number of nitrogens with one attached hydrogen (secondary N) is 1. The zero-order valence-electron chi connectivity index (χ0n) is 18.3. The Kier molecular flexibility index (Phi) is 7.21. The molecule has 3 nitrogen and oxygen atoms in total. The van der Waals surface area contributed by atoms with Gasteiger partial charge >= 0.3 is 12.4 Å². The van der Waals surface area contributed by atoms with Crippen LogP contribution in [0.25, 0.3) is 0 Å². The van der Waals surface area contributed by atoms with Crippen LogP contribution in [0.2, 0.25) is 5.02 Å². The number of hydrogen-bond donors (Lipinski definition) is 1. The summed E-state index contributed by atoms with van der Waals surface area (Å²) >= 11 is 5.91. The maximum atomic E-state index is 13.4. The lowest BCUT2D eigenvalue weighted by Gasteiger charge is -2.26. The van der Waals surface area contributed by atoms with Gasteiger partial charge in [-0.2, -0.15) is 26.3 Å². The van der Waals surface area contributed by atoms with Gasteiger partial charge in [-0.3, -0.25) is 9.00 Å². The van der Waals surface area contributed by atoms with E-state index >= 15 is 0 Å². The van der Waals surface area contributed by atoms with Crippen molar-refractivity contribution in [2.45, 2.75) is 41.8 Å². The van der Waals surface area contributed by atoms with Gasteiger partial charge in [0.2, 0.25) is 0 Å². The van der Waals surface area contributed by atoms with Gasteiger partial charge in [0.25, 0.3) is 5.91 Å². The second kappa shape index (κ2) is 9.89. The summed E-state index contributed by atoms with van der Waals surface area (Å²) < 4.78 is 92.1. The van der Waals surface area contributed by atoms with Crippen LogP contribution in [0, 0.1) is 0 Å². The minimum absolute atomic E-state index is 0.183. The lowest BCUT2D eigenvalue weighted by Crippen LogP contribution is -2.20. The number of fused-ring (bicyclic) bond motifs is 1. The van der Waals surface area contributed by atoms with E-state index in [1.807, 2.05) is 0 Å². The number of rotatable bonds is 4. The molecule has 3 aromatic carbocycles. The highest BCUT2D eigenvalue weighted by molar-refractivity contribution is 7.85. The van der Waals surface area contributed by atoms with E-state index < -0.39 is 51.0 Å². The molecule has 0 aromatic heterocycles. The topological polar surface area (TPSA) is 46.2 Å². The van der Waals surface area contributed by atoms with Crippen LogP contribution >= 0.6 is 11.6 Å². The predicted octanol–water partition coefficient (Wildman–Crippen LogP) is 7.82. The van der Waals surface area contributed by atoms with E-state index in [-0.39, 0.29) is 15.6 Å². The van der Waals surface area contributed by atoms with Crippen LogP contribution in [0.5, 0.6) is 0 Å². The smallest absolute Gasteiger partial charge is 0.322 e. The third kappa shape index (κ3) is 5.44. The van der Waals surface area contributed by atoms with E-state index in [1.54, 1.807) is 12.1 Å². The van der Waals surface area contributed by atoms with Crippen molar-refractivity contribution in [1.82, 2.24) is 0 Å². The molecule has 11 heteroatoms. The van der Waals surface area contributed by atoms with E-state index in [0.29, 0.717) is 24.8 Å². The third-order valence-corrected chi connectivity index (χ3v) is 7.94. The lowest BCUT2D eigenvalue weighted by atomic mass is 9.91. The molecule has 0 bridgehead atoms. The molecule has 4 rings (SSSR count). The van der Waals surface area contributed by atoms with Gasteiger partial charge in [-0.15, -0.1) is 0 Å². The molecule has 0 heterocycles. The van der Waals surface area contributed by atoms with E-state index in [9.17, 15) is 35.3 Å². The third-order valence-electron chi connectivity index (χ3n) is 5.88. The van der Waals surface area contributed by atoms with Crippen molar-refractivity contribution in [3.8, 4) is 0 Å². The quantitative estimate of drug-likeness (QED) is 0.340. The predicted molar refractivity (Wildman–Crippen MR) is 124 cm³/mol. The van der Waals surface area contributed by atoms with Gasteiger partial charge in [0.15, 0.2) is 0 Å². The molecule has 0 radical (unpaired) electrons. The molecule has 0 fully saturated rings. The van der Waals surface area contributed by atoms with Crippen molar-refractivity contribution in [1.29, 1.82) is 0 Å². The molecule has 0 spiro atoms. The molecule has 1 aliphatic carbocycles. The van der Waals surface area contributed by atoms with Gasteiger partial charge in [0.05, 0.1) is 37.8 Å². The zero-order valence-corrected chi connectivity index (χ0v) is 19.9. The van der Waals surface area contributed by atoms with Crippen LogP contribution in [-0.4, -0.2) is 10.1 Å². The van der Waals surface area contributed by atoms with Gasteiger partial charge < -0.3 is 5.32 Å². The number of carbonyl (C=O) groups is 1. The Morgan fingerprint density at radius 2 is 1.64 bits per heavy atom. The first-order chi connectivity index (χ1) is 16.9. The largest absolute Gasteiger partial charge is 0.417 e. The molecule has 36 heavy (non-hydrogen) atoms. The summed E-state index contributed by atoms with van der Waals surface area (Å²) in [6, 6.07) is 11.9. The molecule has 1 N–H and O–H groups in total. The maximum Gasteiger partial charge on any atom is 0.417 e. The normalized spacial score (nSPS) is 16.8. The fourth-order valence-electron chi connectivity index (χ4n) is 4.18. The summed E-state index contributed by atoms with van der Waals surface area (Å²) in [6.07, 6.45) is -7.46. The van der Waals surface area contributed by atoms with Crippen molar-refractivity contribution in [3.63, 3.8) is 0 Å². The van der Waals surface area contributed by atoms with Crippen LogP contribution in [0.3, 0.4) is 0 Å². The number of anilines is 1. The number of carbonyl (C=O) groups excluding carboxylic acids is 1. The Morgan fingerprint density at radius 3 is 2.28 bits per heavy atom. The second-order valence-electron chi connectivity index (χ2n) is 8.23. The molecule has 1 amide bonds. The molecular formula is C25H18ClF6NO2S. The molecule has 3 aromatic rings. The summed E-state index contributed by atoms with van der Waals surface area (Å²) in [5, 5.41) is 1.52. The van der Waals surface area contributed by atoms with Crippen molar-refractivity contribution in [3.05, 3.63) is 93.5 Å². The summed E-state index contributed by atoms with van der Waals surface area (Å²) in [4.78, 5) is 13.0. The van der Waals surface area contributed by atoms with Gasteiger partial charge in [-0.25, -0.2) is 0 Å². The Bertz CT molecular complexity index is 1320. The van der Waals surface area contributed by atoms with Gasteiger partial charge in [0, 0.05) is 10.6 Å². The first-order valence-corrected chi connectivity index (χ1v) is 12.3. The van der Waals surface area contributed by atoms with Crippen molar-refractivity contribution < 1.29 is 35.3 Å². The Balaban J connectivity index is 1.63. The minimum atomic E-state index is -4.79. The number of amides is 1.